The van der Waals surface area contributed by atoms with Crippen LogP contribution < -0.4 is 0 Å². The third-order valence-electron chi connectivity index (χ3n) is 2.45. The zero-order valence-corrected chi connectivity index (χ0v) is 10.6. The SMILES string of the molecule is CC(C)CSc1nnnn1CC1CCCO1. The number of aromatic nitrogens is 4. The minimum Gasteiger partial charge on any atom is -0.376 e. The largest absolute Gasteiger partial charge is 0.376 e. The number of ether oxygens (including phenoxy) is 1. The van der Waals surface area contributed by atoms with Gasteiger partial charge in [0.05, 0.1) is 12.6 Å². The number of thioether (sulfide) groups is 1. The Morgan fingerprint density at radius 3 is 3.12 bits per heavy atom. The van der Waals surface area contributed by atoms with Crippen molar-refractivity contribution in [2.45, 2.75) is 44.5 Å². The first-order chi connectivity index (χ1) is 7.75. The molecule has 5 nitrogen and oxygen atoms in total. The zero-order chi connectivity index (χ0) is 11.4. The number of hydrogen-bond donors (Lipinski definition) is 0. The maximum atomic E-state index is 5.58. The maximum Gasteiger partial charge on any atom is 0.209 e. The molecule has 90 valence electrons. The highest BCUT2D eigenvalue weighted by molar-refractivity contribution is 7.99. The normalized spacial score (nSPS) is 20.8. The molecule has 1 fully saturated rings. The van der Waals surface area contributed by atoms with E-state index in [0.29, 0.717) is 12.0 Å². The average molecular weight is 242 g/mol. The van der Waals surface area contributed by atoms with Gasteiger partial charge < -0.3 is 4.74 Å². The first-order valence-electron chi connectivity index (χ1n) is 5.76. The predicted molar refractivity (Wildman–Crippen MR) is 62.4 cm³/mol. The highest BCUT2D eigenvalue weighted by Gasteiger charge is 2.18. The summed E-state index contributed by atoms with van der Waals surface area (Å²) in [6.07, 6.45) is 2.57. The molecule has 1 aliphatic rings. The second kappa shape index (κ2) is 5.63. The molecule has 1 aromatic heterocycles. The second-order valence-corrected chi connectivity index (χ2v) is 5.47. The van der Waals surface area contributed by atoms with Crippen LogP contribution in [-0.4, -0.2) is 38.7 Å². The molecule has 2 heterocycles. The lowest BCUT2D eigenvalue weighted by Gasteiger charge is -2.10. The molecule has 0 amide bonds. The molecule has 0 bridgehead atoms. The molecule has 2 rings (SSSR count). The van der Waals surface area contributed by atoms with Gasteiger partial charge in [0.1, 0.15) is 0 Å². The minimum absolute atomic E-state index is 0.293. The Kier molecular flexibility index (Phi) is 4.17. The molecule has 0 spiro atoms. The molecule has 1 atom stereocenters. The van der Waals surface area contributed by atoms with Gasteiger partial charge in [0, 0.05) is 12.4 Å². The summed E-state index contributed by atoms with van der Waals surface area (Å²) in [7, 11) is 0. The number of nitrogens with zero attached hydrogens (tertiary/aromatic N) is 4. The van der Waals surface area contributed by atoms with Crippen LogP contribution in [0.2, 0.25) is 0 Å². The van der Waals surface area contributed by atoms with Gasteiger partial charge in [-0.25, -0.2) is 4.68 Å². The Balaban J connectivity index is 1.90. The molecule has 0 N–H and O–H groups in total. The Hall–Kier alpha value is -0.620. The lowest BCUT2D eigenvalue weighted by molar-refractivity contribution is 0.0912. The van der Waals surface area contributed by atoms with Gasteiger partial charge in [0.2, 0.25) is 5.16 Å². The van der Waals surface area contributed by atoms with Gasteiger partial charge in [-0.05, 0) is 29.2 Å². The fourth-order valence-corrected chi connectivity index (χ4v) is 2.47. The van der Waals surface area contributed by atoms with Crippen LogP contribution in [0, 0.1) is 5.92 Å². The van der Waals surface area contributed by atoms with Crippen LogP contribution >= 0.6 is 11.8 Å². The van der Waals surface area contributed by atoms with Crippen LogP contribution in [0.1, 0.15) is 26.7 Å². The Bertz CT molecular complexity index is 322. The first kappa shape index (κ1) is 11.9. The lowest BCUT2D eigenvalue weighted by atomic mass is 10.2. The lowest BCUT2D eigenvalue weighted by Crippen LogP contribution is -2.17. The molecule has 0 aromatic carbocycles. The highest BCUT2D eigenvalue weighted by atomic mass is 32.2. The molecule has 1 saturated heterocycles. The molecular formula is C10H18N4OS. The summed E-state index contributed by atoms with van der Waals surface area (Å²) >= 11 is 1.72. The third-order valence-corrected chi connectivity index (χ3v) is 3.83. The van der Waals surface area contributed by atoms with Crippen LogP contribution in [0.5, 0.6) is 0 Å². The van der Waals surface area contributed by atoms with Crippen molar-refractivity contribution in [2.24, 2.45) is 5.92 Å². The van der Waals surface area contributed by atoms with Crippen molar-refractivity contribution >= 4 is 11.8 Å². The van der Waals surface area contributed by atoms with E-state index in [0.717, 1.165) is 36.9 Å². The van der Waals surface area contributed by atoms with Crippen molar-refractivity contribution in [3.8, 4) is 0 Å². The standard InChI is InChI=1S/C10H18N4OS/c1-8(2)7-16-10-11-12-13-14(10)6-9-4-3-5-15-9/h8-9H,3-7H2,1-2H3. The quantitative estimate of drug-likeness (QED) is 0.734. The number of tetrazole rings is 1. The monoisotopic (exact) mass is 242 g/mol. The summed E-state index contributed by atoms with van der Waals surface area (Å²) < 4.78 is 7.45. The summed E-state index contributed by atoms with van der Waals surface area (Å²) in [6, 6.07) is 0. The summed E-state index contributed by atoms with van der Waals surface area (Å²) in [5.41, 5.74) is 0. The molecule has 1 unspecified atom stereocenters. The summed E-state index contributed by atoms with van der Waals surface area (Å²) in [5.74, 6) is 1.70. The molecule has 6 heteroatoms. The molecule has 0 saturated carbocycles. The number of hydrogen-bond acceptors (Lipinski definition) is 5. The fourth-order valence-electron chi connectivity index (χ4n) is 1.64. The molecule has 1 aromatic rings. The molecule has 16 heavy (non-hydrogen) atoms. The fraction of sp³-hybridized carbons (Fsp3) is 0.900. The average Bonchev–Trinajstić information content (AvgIpc) is 2.87. The Morgan fingerprint density at radius 1 is 1.56 bits per heavy atom. The first-order valence-corrected chi connectivity index (χ1v) is 6.75. The van der Waals surface area contributed by atoms with Crippen molar-refractivity contribution in [1.82, 2.24) is 20.2 Å². The summed E-state index contributed by atoms with van der Waals surface area (Å²) in [4.78, 5) is 0. The van der Waals surface area contributed by atoms with Crippen LogP contribution in [-0.2, 0) is 11.3 Å². The molecule has 1 aliphatic heterocycles. The van der Waals surface area contributed by atoms with E-state index in [1.165, 1.54) is 0 Å². The highest BCUT2D eigenvalue weighted by Crippen LogP contribution is 2.19. The van der Waals surface area contributed by atoms with E-state index in [2.05, 4.69) is 29.4 Å². The van der Waals surface area contributed by atoms with Crippen molar-refractivity contribution in [1.29, 1.82) is 0 Å². The van der Waals surface area contributed by atoms with Gasteiger partial charge in [-0.2, -0.15) is 0 Å². The third kappa shape index (κ3) is 3.18. The Morgan fingerprint density at radius 2 is 2.44 bits per heavy atom. The van der Waals surface area contributed by atoms with Gasteiger partial charge in [-0.15, -0.1) is 5.10 Å². The van der Waals surface area contributed by atoms with E-state index in [1.54, 1.807) is 11.8 Å². The van der Waals surface area contributed by atoms with E-state index < -0.39 is 0 Å². The maximum absolute atomic E-state index is 5.58. The van der Waals surface area contributed by atoms with Gasteiger partial charge in [-0.1, -0.05) is 25.6 Å². The topological polar surface area (TPSA) is 52.8 Å². The van der Waals surface area contributed by atoms with E-state index >= 15 is 0 Å². The van der Waals surface area contributed by atoms with Crippen LogP contribution in [0.4, 0.5) is 0 Å². The minimum atomic E-state index is 0.293. The Labute approximate surface area is 99.9 Å². The van der Waals surface area contributed by atoms with Crippen molar-refractivity contribution < 1.29 is 4.74 Å². The molecular weight excluding hydrogens is 224 g/mol. The smallest absolute Gasteiger partial charge is 0.209 e. The van der Waals surface area contributed by atoms with E-state index in [-0.39, 0.29) is 0 Å². The van der Waals surface area contributed by atoms with E-state index in [9.17, 15) is 0 Å². The molecule has 0 radical (unpaired) electrons. The van der Waals surface area contributed by atoms with Crippen molar-refractivity contribution in [3.63, 3.8) is 0 Å². The van der Waals surface area contributed by atoms with Crippen molar-refractivity contribution in [2.75, 3.05) is 12.4 Å². The van der Waals surface area contributed by atoms with Crippen LogP contribution in [0.25, 0.3) is 0 Å². The summed E-state index contributed by atoms with van der Waals surface area (Å²) in [5, 5.41) is 12.7. The van der Waals surface area contributed by atoms with Gasteiger partial charge in [0.15, 0.2) is 0 Å². The van der Waals surface area contributed by atoms with Gasteiger partial charge in [-0.3, -0.25) is 0 Å². The van der Waals surface area contributed by atoms with Gasteiger partial charge >= 0.3 is 0 Å². The zero-order valence-electron chi connectivity index (χ0n) is 9.80. The van der Waals surface area contributed by atoms with E-state index in [4.69, 9.17) is 4.74 Å². The number of rotatable bonds is 5. The van der Waals surface area contributed by atoms with Crippen LogP contribution in [0.3, 0.4) is 0 Å². The van der Waals surface area contributed by atoms with E-state index in [1.807, 2.05) is 4.68 Å². The van der Waals surface area contributed by atoms with Crippen LogP contribution in [0.15, 0.2) is 5.16 Å². The predicted octanol–water partition coefficient (Wildman–Crippen LogP) is 1.60. The molecule has 0 aliphatic carbocycles. The van der Waals surface area contributed by atoms with Crippen molar-refractivity contribution in [3.05, 3.63) is 0 Å². The second-order valence-electron chi connectivity index (χ2n) is 4.48. The summed E-state index contributed by atoms with van der Waals surface area (Å²) in [6.45, 7) is 6.05. The van der Waals surface area contributed by atoms with Gasteiger partial charge in [0.25, 0.3) is 0 Å².